The van der Waals surface area contributed by atoms with Crippen molar-refractivity contribution in [2.75, 3.05) is 5.32 Å². The Labute approximate surface area is 87.2 Å². The molecule has 1 N–H and O–H groups in total. The Morgan fingerprint density at radius 3 is 2.93 bits per heavy atom. The first-order valence-corrected chi connectivity index (χ1v) is 4.42. The molecule has 2 aromatic rings. The van der Waals surface area contributed by atoms with Crippen molar-refractivity contribution in [1.29, 1.82) is 5.26 Å². The third kappa shape index (κ3) is 2.29. The zero-order valence-corrected chi connectivity index (χ0v) is 7.88. The summed E-state index contributed by atoms with van der Waals surface area (Å²) in [6.45, 7) is 0. The molecule has 0 aliphatic rings. The summed E-state index contributed by atoms with van der Waals surface area (Å²) in [6.07, 6.45) is 4.86. The largest absolute Gasteiger partial charge is 0.339 e. The number of pyridine rings is 2. The molecule has 0 aliphatic carbocycles. The molecule has 0 bridgehead atoms. The van der Waals surface area contributed by atoms with Crippen molar-refractivity contribution in [3.8, 4) is 6.07 Å². The minimum absolute atomic E-state index is 0.524. The van der Waals surface area contributed by atoms with Gasteiger partial charge in [-0.2, -0.15) is 5.26 Å². The molecule has 0 aromatic carbocycles. The van der Waals surface area contributed by atoms with Crippen LogP contribution >= 0.6 is 0 Å². The molecule has 0 fully saturated rings. The molecule has 0 amide bonds. The third-order valence-electron chi connectivity index (χ3n) is 1.80. The fourth-order valence-electron chi connectivity index (χ4n) is 1.15. The predicted molar refractivity (Wildman–Crippen MR) is 56.5 cm³/mol. The van der Waals surface area contributed by atoms with Crippen molar-refractivity contribution >= 4 is 11.5 Å². The molecule has 2 rings (SSSR count). The average molecular weight is 196 g/mol. The van der Waals surface area contributed by atoms with Gasteiger partial charge in [-0.05, 0) is 18.2 Å². The fourth-order valence-corrected chi connectivity index (χ4v) is 1.15. The SMILES string of the molecule is N#Cc1cncc(Nc2ccccn2)c1. The molecular formula is C11H8N4. The minimum atomic E-state index is 0.524. The van der Waals surface area contributed by atoms with Crippen molar-refractivity contribution in [2.45, 2.75) is 0 Å². The van der Waals surface area contributed by atoms with Gasteiger partial charge in [-0.25, -0.2) is 4.98 Å². The lowest BCUT2D eigenvalue weighted by Gasteiger charge is -2.03. The number of rotatable bonds is 2. The van der Waals surface area contributed by atoms with Crippen LogP contribution in [0.15, 0.2) is 42.9 Å². The molecule has 4 heteroatoms. The zero-order chi connectivity index (χ0) is 10.5. The van der Waals surface area contributed by atoms with Gasteiger partial charge in [0.15, 0.2) is 0 Å². The highest BCUT2D eigenvalue weighted by molar-refractivity contribution is 5.56. The van der Waals surface area contributed by atoms with Gasteiger partial charge in [0.05, 0.1) is 17.4 Å². The molecule has 0 atom stereocenters. The summed E-state index contributed by atoms with van der Waals surface area (Å²) in [4.78, 5) is 8.05. The van der Waals surface area contributed by atoms with Crippen LogP contribution in [0.5, 0.6) is 0 Å². The molecule has 72 valence electrons. The van der Waals surface area contributed by atoms with Crippen molar-refractivity contribution in [1.82, 2.24) is 9.97 Å². The summed E-state index contributed by atoms with van der Waals surface area (Å²) in [5.41, 5.74) is 1.28. The predicted octanol–water partition coefficient (Wildman–Crippen LogP) is 2.09. The number of hydrogen-bond acceptors (Lipinski definition) is 4. The highest BCUT2D eigenvalue weighted by Gasteiger charge is 1.96. The maximum absolute atomic E-state index is 8.69. The first-order valence-electron chi connectivity index (χ1n) is 4.42. The molecule has 0 spiro atoms. The van der Waals surface area contributed by atoms with E-state index in [0.717, 1.165) is 11.5 Å². The van der Waals surface area contributed by atoms with E-state index in [1.165, 1.54) is 6.20 Å². The Morgan fingerprint density at radius 1 is 1.27 bits per heavy atom. The average Bonchev–Trinajstić information content (AvgIpc) is 2.31. The lowest BCUT2D eigenvalue weighted by Crippen LogP contribution is -1.93. The van der Waals surface area contributed by atoms with Gasteiger partial charge in [0, 0.05) is 12.4 Å². The standard InChI is InChI=1S/C11H8N4/c12-6-9-5-10(8-13-7-9)15-11-3-1-2-4-14-11/h1-5,7-8H,(H,14,15). The Hall–Kier alpha value is -2.41. The maximum atomic E-state index is 8.69. The number of nitrogens with one attached hydrogen (secondary N) is 1. The van der Waals surface area contributed by atoms with E-state index in [9.17, 15) is 0 Å². The number of nitrogens with zero attached hydrogens (tertiary/aromatic N) is 3. The van der Waals surface area contributed by atoms with Gasteiger partial charge in [0.2, 0.25) is 0 Å². The molecule has 0 saturated heterocycles. The molecule has 0 aliphatic heterocycles. The number of nitriles is 1. The quantitative estimate of drug-likeness (QED) is 0.798. The van der Waals surface area contributed by atoms with Crippen LogP contribution in [0.1, 0.15) is 5.56 Å². The third-order valence-corrected chi connectivity index (χ3v) is 1.80. The first kappa shape index (κ1) is 9.16. The monoisotopic (exact) mass is 196 g/mol. The molecule has 4 nitrogen and oxygen atoms in total. The van der Waals surface area contributed by atoms with Gasteiger partial charge < -0.3 is 5.32 Å². The van der Waals surface area contributed by atoms with Crippen LogP contribution < -0.4 is 5.32 Å². The van der Waals surface area contributed by atoms with Crippen molar-refractivity contribution in [2.24, 2.45) is 0 Å². The van der Waals surface area contributed by atoms with Gasteiger partial charge in [0.25, 0.3) is 0 Å². The van der Waals surface area contributed by atoms with Gasteiger partial charge in [-0.1, -0.05) is 6.07 Å². The van der Waals surface area contributed by atoms with Crippen LogP contribution in [0.4, 0.5) is 11.5 Å². The summed E-state index contributed by atoms with van der Waals surface area (Å²) in [7, 11) is 0. The summed E-state index contributed by atoms with van der Waals surface area (Å²) < 4.78 is 0. The molecule has 0 saturated carbocycles. The Morgan fingerprint density at radius 2 is 2.20 bits per heavy atom. The van der Waals surface area contributed by atoms with Crippen molar-refractivity contribution in [3.05, 3.63) is 48.4 Å². The van der Waals surface area contributed by atoms with E-state index < -0.39 is 0 Å². The number of anilines is 2. The number of aromatic nitrogens is 2. The minimum Gasteiger partial charge on any atom is -0.339 e. The van der Waals surface area contributed by atoms with Gasteiger partial charge in [0.1, 0.15) is 11.9 Å². The van der Waals surface area contributed by atoms with Crippen LogP contribution in [0.2, 0.25) is 0 Å². The van der Waals surface area contributed by atoms with Crippen molar-refractivity contribution in [3.63, 3.8) is 0 Å². The van der Waals surface area contributed by atoms with Crippen LogP contribution in [-0.2, 0) is 0 Å². The van der Waals surface area contributed by atoms with E-state index >= 15 is 0 Å². The smallest absolute Gasteiger partial charge is 0.130 e. The van der Waals surface area contributed by atoms with Crippen molar-refractivity contribution < 1.29 is 0 Å². The molecule has 15 heavy (non-hydrogen) atoms. The van der Waals surface area contributed by atoms with Crippen LogP contribution in [0.25, 0.3) is 0 Å². The highest BCUT2D eigenvalue weighted by Crippen LogP contribution is 2.13. The van der Waals surface area contributed by atoms with E-state index in [4.69, 9.17) is 5.26 Å². The van der Waals surface area contributed by atoms with Crippen LogP contribution in [-0.4, -0.2) is 9.97 Å². The van der Waals surface area contributed by atoms with Crippen LogP contribution in [0, 0.1) is 11.3 Å². The van der Waals surface area contributed by atoms with Crippen LogP contribution in [0.3, 0.4) is 0 Å². The zero-order valence-electron chi connectivity index (χ0n) is 7.88. The molecule has 2 heterocycles. The van der Waals surface area contributed by atoms with E-state index in [1.807, 2.05) is 24.3 Å². The molecule has 2 aromatic heterocycles. The van der Waals surface area contributed by atoms with E-state index in [-0.39, 0.29) is 0 Å². The van der Waals surface area contributed by atoms with E-state index in [1.54, 1.807) is 18.5 Å². The summed E-state index contributed by atoms with van der Waals surface area (Å²) in [6, 6.07) is 9.33. The van der Waals surface area contributed by atoms with E-state index in [2.05, 4.69) is 15.3 Å². The number of hydrogen-bond donors (Lipinski definition) is 1. The highest BCUT2D eigenvalue weighted by atomic mass is 15.0. The van der Waals surface area contributed by atoms with Gasteiger partial charge >= 0.3 is 0 Å². The first-order chi connectivity index (χ1) is 7.38. The van der Waals surface area contributed by atoms with Gasteiger partial charge in [-0.3, -0.25) is 4.98 Å². The van der Waals surface area contributed by atoms with E-state index in [0.29, 0.717) is 5.56 Å². The molecule has 0 unspecified atom stereocenters. The molecule has 0 radical (unpaired) electrons. The van der Waals surface area contributed by atoms with Gasteiger partial charge in [-0.15, -0.1) is 0 Å². The fraction of sp³-hybridized carbons (Fsp3) is 0. The summed E-state index contributed by atoms with van der Waals surface area (Å²) in [5, 5.41) is 11.7. The Bertz CT molecular complexity index is 487. The molecular weight excluding hydrogens is 188 g/mol. The second-order valence-electron chi connectivity index (χ2n) is 2.91. The lowest BCUT2D eigenvalue weighted by molar-refractivity contribution is 1.26. The maximum Gasteiger partial charge on any atom is 0.130 e. The Kier molecular flexibility index (Phi) is 2.56. The summed E-state index contributed by atoms with van der Waals surface area (Å²) in [5.74, 6) is 0.731. The lowest BCUT2D eigenvalue weighted by atomic mass is 10.3. The topological polar surface area (TPSA) is 61.6 Å². The summed E-state index contributed by atoms with van der Waals surface area (Å²) >= 11 is 0. The second-order valence-corrected chi connectivity index (χ2v) is 2.91. The Balaban J connectivity index is 2.22. The second kappa shape index (κ2) is 4.20. The normalized spacial score (nSPS) is 9.27.